The number of aliphatic imine (C=N–C) groups is 1. The highest BCUT2D eigenvalue weighted by Gasteiger charge is 2.34. The number of hydrogen-bond donors (Lipinski definition) is 3. The smallest absolute Gasteiger partial charge is 0.163 e. The number of fused-ring (bicyclic) bond motifs is 1. The molecule has 1 atom stereocenters. The highest BCUT2D eigenvalue weighted by Crippen LogP contribution is 2.38. The van der Waals surface area contributed by atoms with E-state index in [2.05, 4.69) is 31.2 Å². The molecule has 3 rings (SSSR count). The van der Waals surface area contributed by atoms with Crippen molar-refractivity contribution < 1.29 is 0 Å². The fraction of sp³-hybridized carbons (Fsp3) is 0.0769. The van der Waals surface area contributed by atoms with Crippen LogP contribution < -0.4 is 16.8 Å². The number of nitrogens with two attached hydrogens (primary N) is 2. The van der Waals surface area contributed by atoms with Gasteiger partial charge in [-0.1, -0.05) is 17.7 Å². The van der Waals surface area contributed by atoms with Crippen LogP contribution in [0, 0.1) is 0 Å². The first kappa shape index (κ1) is 13.4. The van der Waals surface area contributed by atoms with Gasteiger partial charge in [0.05, 0.1) is 23.2 Å². The molecular formula is C13H11BrClN5. The lowest BCUT2D eigenvalue weighted by molar-refractivity contribution is 0.570. The van der Waals surface area contributed by atoms with Gasteiger partial charge in [0.2, 0.25) is 0 Å². The van der Waals surface area contributed by atoms with Gasteiger partial charge >= 0.3 is 0 Å². The molecule has 0 saturated heterocycles. The Labute approximate surface area is 129 Å². The van der Waals surface area contributed by atoms with Crippen LogP contribution in [0.4, 0.5) is 11.5 Å². The van der Waals surface area contributed by atoms with Crippen molar-refractivity contribution in [1.29, 1.82) is 0 Å². The molecule has 0 fully saturated rings. The number of pyridine rings is 1. The highest BCUT2D eigenvalue weighted by atomic mass is 79.9. The molecule has 1 aromatic carbocycles. The first-order valence-corrected chi connectivity index (χ1v) is 6.98. The summed E-state index contributed by atoms with van der Waals surface area (Å²) in [6.45, 7) is 0. The SMILES string of the molecule is Nc1cc2c(cn1)NC=NC2(N)c1ccc(Cl)c(Br)c1. The van der Waals surface area contributed by atoms with Crippen molar-refractivity contribution >= 4 is 45.4 Å². The predicted octanol–water partition coefficient (Wildman–Crippen LogP) is 2.69. The Hall–Kier alpha value is -1.63. The van der Waals surface area contributed by atoms with Gasteiger partial charge in [0.15, 0.2) is 5.66 Å². The van der Waals surface area contributed by atoms with E-state index in [0.717, 1.165) is 21.3 Å². The number of nitrogens with zero attached hydrogens (tertiary/aromatic N) is 2. The quantitative estimate of drug-likeness (QED) is 0.736. The normalized spacial score (nSPS) is 20.4. The van der Waals surface area contributed by atoms with Gasteiger partial charge < -0.3 is 11.1 Å². The second-order valence-corrected chi connectivity index (χ2v) is 5.71. The number of anilines is 2. The van der Waals surface area contributed by atoms with Crippen molar-refractivity contribution in [2.75, 3.05) is 11.1 Å². The summed E-state index contributed by atoms with van der Waals surface area (Å²) in [5, 5.41) is 3.63. The minimum absolute atomic E-state index is 0.394. The number of aromatic nitrogens is 1. The van der Waals surface area contributed by atoms with Crippen molar-refractivity contribution in [3.05, 3.63) is 51.1 Å². The summed E-state index contributed by atoms with van der Waals surface area (Å²) in [7, 11) is 0. The zero-order chi connectivity index (χ0) is 14.3. The van der Waals surface area contributed by atoms with Gasteiger partial charge in [0.25, 0.3) is 0 Å². The summed E-state index contributed by atoms with van der Waals surface area (Å²) in [5.41, 5.74) is 13.6. The molecule has 2 aromatic rings. The second kappa shape index (κ2) is 4.73. The van der Waals surface area contributed by atoms with E-state index in [9.17, 15) is 0 Å². The van der Waals surface area contributed by atoms with Crippen molar-refractivity contribution in [3.8, 4) is 0 Å². The molecule has 0 bridgehead atoms. The van der Waals surface area contributed by atoms with Gasteiger partial charge in [-0.05, 0) is 39.7 Å². The summed E-state index contributed by atoms with van der Waals surface area (Å²) in [6.07, 6.45) is 3.20. The summed E-state index contributed by atoms with van der Waals surface area (Å²) in [6, 6.07) is 7.19. The van der Waals surface area contributed by atoms with E-state index < -0.39 is 5.66 Å². The molecule has 102 valence electrons. The van der Waals surface area contributed by atoms with Crippen molar-refractivity contribution in [3.63, 3.8) is 0 Å². The molecule has 0 amide bonds. The maximum Gasteiger partial charge on any atom is 0.163 e. The molecule has 0 spiro atoms. The summed E-state index contributed by atoms with van der Waals surface area (Å²) >= 11 is 9.42. The number of benzene rings is 1. The summed E-state index contributed by atoms with van der Waals surface area (Å²) < 4.78 is 0.763. The Morgan fingerprint density at radius 3 is 2.85 bits per heavy atom. The Kier molecular flexibility index (Phi) is 3.16. The third-order valence-electron chi connectivity index (χ3n) is 3.18. The van der Waals surface area contributed by atoms with Crippen LogP contribution >= 0.6 is 27.5 Å². The van der Waals surface area contributed by atoms with E-state index in [-0.39, 0.29) is 0 Å². The number of hydrogen-bond acceptors (Lipinski definition) is 5. The van der Waals surface area contributed by atoms with Crippen LogP contribution in [-0.2, 0) is 5.66 Å². The maximum atomic E-state index is 6.49. The van der Waals surface area contributed by atoms with Crippen LogP contribution in [0.25, 0.3) is 0 Å². The lowest BCUT2D eigenvalue weighted by Crippen LogP contribution is -2.39. The molecule has 7 heteroatoms. The van der Waals surface area contributed by atoms with E-state index >= 15 is 0 Å². The van der Waals surface area contributed by atoms with E-state index in [4.69, 9.17) is 23.1 Å². The predicted molar refractivity (Wildman–Crippen MR) is 84.9 cm³/mol. The minimum atomic E-state index is -1.02. The Morgan fingerprint density at radius 1 is 1.30 bits per heavy atom. The van der Waals surface area contributed by atoms with E-state index in [0.29, 0.717) is 10.8 Å². The Balaban J connectivity index is 2.21. The average Bonchev–Trinajstić information content (AvgIpc) is 2.43. The number of nitrogens with one attached hydrogen (secondary N) is 1. The van der Waals surface area contributed by atoms with Gasteiger partial charge in [-0.25, -0.2) is 9.98 Å². The van der Waals surface area contributed by atoms with E-state index in [1.54, 1.807) is 24.7 Å². The zero-order valence-electron chi connectivity index (χ0n) is 10.3. The molecule has 20 heavy (non-hydrogen) atoms. The number of nitrogen functional groups attached to an aromatic ring is 1. The molecule has 0 radical (unpaired) electrons. The summed E-state index contributed by atoms with van der Waals surface area (Å²) in [5.74, 6) is 0.394. The second-order valence-electron chi connectivity index (χ2n) is 4.45. The first-order chi connectivity index (χ1) is 9.50. The van der Waals surface area contributed by atoms with Crippen LogP contribution in [0.1, 0.15) is 11.1 Å². The lowest BCUT2D eigenvalue weighted by Gasteiger charge is -2.31. The van der Waals surface area contributed by atoms with Gasteiger partial charge in [0, 0.05) is 10.0 Å². The van der Waals surface area contributed by atoms with Crippen LogP contribution in [0.15, 0.2) is 39.9 Å². The summed E-state index contributed by atoms with van der Waals surface area (Å²) in [4.78, 5) is 8.43. The van der Waals surface area contributed by atoms with Gasteiger partial charge in [-0.15, -0.1) is 0 Å². The van der Waals surface area contributed by atoms with Gasteiger partial charge in [0.1, 0.15) is 5.82 Å². The topological polar surface area (TPSA) is 89.3 Å². The van der Waals surface area contributed by atoms with E-state index in [1.165, 1.54) is 0 Å². The molecule has 5 nitrogen and oxygen atoms in total. The third-order valence-corrected chi connectivity index (χ3v) is 4.40. The molecule has 1 aromatic heterocycles. The molecule has 0 saturated carbocycles. The first-order valence-electron chi connectivity index (χ1n) is 5.81. The molecule has 1 aliphatic rings. The van der Waals surface area contributed by atoms with Crippen LogP contribution in [0.5, 0.6) is 0 Å². The monoisotopic (exact) mass is 351 g/mol. The maximum absolute atomic E-state index is 6.49. The molecule has 1 unspecified atom stereocenters. The standard InChI is InChI=1S/C13H11BrClN5/c14-9-3-7(1-2-10(9)15)13(17)8-4-12(16)18-5-11(8)19-6-20-13/h1-6H,17H2,(H2,16,18)(H,19,20). The van der Waals surface area contributed by atoms with Crippen molar-refractivity contribution in [1.82, 2.24) is 4.98 Å². The van der Waals surface area contributed by atoms with Crippen LogP contribution in [0.3, 0.4) is 0 Å². The van der Waals surface area contributed by atoms with Crippen molar-refractivity contribution in [2.45, 2.75) is 5.66 Å². The Bertz CT molecular complexity index is 718. The van der Waals surface area contributed by atoms with Gasteiger partial charge in [-0.3, -0.25) is 5.73 Å². The molecule has 0 aliphatic carbocycles. The largest absolute Gasteiger partial charge is 0.384 e. The van der Waals surface area contributed by atoms with E-state index in [1.807, 2.05) is 12.1 Å². The number of halogens is 2. The fourth-order valence-electron chi connectivity index (χ4n) is 2.14. The molecule has 5 N–H and O–H groups in total. The van der Waals surface area contributed by atoms with Crippen molar-refractivity contribution in [2.24, 2.45) is 10.7 Å². The molecule has 2 heterocycles. The highest BCUT2D eigenvalue weighted by molar-refractivity contribution is 9.10. The lowest BCUT2D eigenvalue weighted by atomic mass is 9.91. The van der Waals surface area contributed by atoms with Crippen LogP contribution in [0.2, 0.25) is 5.02 Å². The molecular weight excluding hydrogens is 342 g/mol. The number of rotatable bonds is 1. The molecule has 1 aliphatic heterocycles. The van der Waals surface area contributed by atoms with Crippen LogP contribution in [-0.4, -0.2) is 11.3 Å². The third kappa shape index (κ3) is 2.06. The Morgan fingerprint density at radius 2 is 2.10 bits per heavy atom. The minimum Gasteiger partial charge on any atom is -0.384 e. The fourth-order valence-corrected chi connectivity index (χ4v) is 2.63. The average molecular weight is 353 g/mol. The zero-order valence-corrected chi connectivity index (χ0v) is 12.6. The van der Waals surface area contributed by atoms with Gasteiger partial charge in [-0.2, -0.15) is 0 Å².